The van der Waals surface area contributed by atoms with E-state index in [0.717, 1.165) is 0 Å². The Kier molecular flexibility index (Phi) is 2.66. The van der Waals surface area contributed by atoms with E-state index in [1.54, 1.807) is 12.1 Å². The Morgan fingerprint density at radius 1 is 1.25 bits per heavy atom. The summed E-state index contributed by atoms with van der Waals surface area (Å²) in [7, 11) is -3.63. The van der Waals surface area contributed by atoms with E-state index in [-0.39, 0.29) is 11.6 Å². The largest absolute Gasteiger partial charge is 0.487 e. The Balaban J connectivity index is 2.04. The quantitative estimate of drug-likeness (QED) is 0.838. The lowest BCUT2D eigenvalue weighted by Gasteiger charge is -2.03. The number of sulfonamides is 1. The summed E-state index contributed by atoms with van der Waals surface area (Å²) in [5.41, 5.74) is 5.58. The van der Waals surface area contributed by atoms with Gasteiger partial charge in [0.05, 0.1) is 5.71 Å². The van der Waals surface area contributed by atoms with E-state index < -0.39 is 10.0 Å². The predicted octanol–water partition coefficient (Wildman–Crippen LogP) is 0.650. The number of rotatable bonds is 3. The van der Waals surface area contributed by atoms with Crippen molar-refractivity contribution in [1.82, 2.24) is 0 Å². The summed E-state index contributed by atoms with van der Waals surface area (Å²) in [6, 6.07) is 9.07. The molecular formula is C10H10N2O3S. The van der Waals surface area contributed by atoms with Crippen LogP contribution in [0.3, 0.4) is 0 Å². The molecule has 1 heterocycles. The van der Waals surface area contributed by atoms with Crippen LogP contribution < -0.4 is 10.5 Å². The van der Waals surface area contributed by atoms with E-state index in [1.165, 1.54) is 6.08 Å². The van der Waals surface area contributed by atoms with Crippen molar-refractivity contribution >= 4 is 15.7 Å². The topological polar surface area (TPSA) is 81.8 Å². The van der Waals surface area contributed by atoms with Crippen molar-refractivity contribution in [3.8, 4) is 5.75 Å². The van der Waals surface area contributed by atoms with Gasteiger partial charge in [-0.3, -0.25) is 0 Å². The summed E-state index contributed by atoms with van der Waals surface area (Å²) in [5, 5.41) is -0.237. The van der Waals surface area contributed by atoms with Crippen LogP contribution in [-0.4, -0.2) is 20.7 Å². The van der Waals surface area contributed by atoms with E-state index in [4.69, 9.17) is 10.5 Å². The number of hydrogen-bond donors (Lipinski definition) is 1. The standard InChI is InChI=1S/C10H10N2O3S/c11-10-6-8(12-16(10,13)14)7-15-9-4-2-1-3-5-9/h1-6H,7,11H2. The molecule has 0 atom stereocenters. The minimum atomic E-state index is -3.63. The summed E-state index contributed by atoms with van der Waals surface area (Å²) in [5.74, 6) is 0.654. The molecule has 0 saturated heterocycles. The molecule has 0 unspecified atom stereocenters. The fourth-order valence-corrected chi connectivity index (χ4v) is 2.02. The SMILES string of the molecule is NC1=CC(COc2ccccc2)=NS1(=O)=O. The van der Waals surface area contributed by atoms with Gasteiger partial charge in [0.25, 0.3) is 10.0 Å². The molecule has 0 aromatic heterocycles. The monoisotopic (exact) mass is 238 g/mol. The second-order valence-electron chi connectivity index (χ2n) is 3.21. The molecule has 2 rings (SSSR count). The molecule has 1 aromatic carbocycles. The van der Waals surface area contributed by atoms with Crippen LogP contribution in [0.1, 0.15) is 0 Å². The Hall–Kier alpha value is -1.82. The maximum Gasteiger partial charge on any atom is 0.297 e. The Labute approximate surface area is 93.3 Å². The number of ether oxygens (including phenoxy) is 1. The first-order valence-corrected chi connectivity index (χ1v) is 6.01. The highest BCUT2D eigenvalue weighted by atomic mass is 32.2. The van der Waals surface area contributed by atoms with Gasteiger partial charge in [0.15, 0.2) is 5.03 Å². The summed E-state index contributed by atoms with van der Waals surface area (Å²) in [6.07, 6.45) is 1.30. The molecule has 0 fully saturated rings. The first-order valence-electron chi connectivity index (χ1n) is 4.57. The normalized spacial score (nSPS) is 17.8. The molecule has 0 bridgehead atoms. The third-order valence-corrected chi connectivity index (χ3v) is 3.16. The number of nitrogens with two attached hydrogens (primary N) is 1. The Morgan fingerprint density at radius 2 is 1.94 bits per heavy atom. The highest BCUT2D eigenvalue weighted by molar-refractivity contribution is 7.94. The van der Waals surface area contributed by atoms with Gasteiger partial charge < -0.3 is 10.5 Å². The van der Waals surface area contributed by atoms with Crippen LogP contribution in [0, 0.1) is 0 Å². The van der Waals surface area contributed by atoms with Gasteiger partial charge in [-0.1, -0.05) is 18.2 Å². The molecule has 0 amide bonds. The van der Waals surface area contributed by atoms with Crippen LogP contribution in [0.15, 0.2) is 45.8 Å². The number of para-hydroxylation sites is 1. The smallest absolute Gasteiger partial charge is 0.297 e. The van der Waals surface area contributed by atoms with Gasteiger partial charge in [-0.2, -0.15) is 12.8 Å². The summed E-state index contributed by atoms with van der Waals surface area (Å²) >= 11 is 0. The molecule has 0 radical (unpaired) electrons. The number of nitrogens with zero attached hydrogens (tertiary/aromatic N) is 1. The van der Waals surface area contributed by atoms with Gasteiger partial charge in [-0.15, -0.1) is 0 Å². The first kappa shape index (κ1) is 10.7. The summed E-state index contributed by atoms with van der Waals surface area (Å²) in [6.45, 7) is 0.0872. The molecule has 2 N–H and O–H groups in total. The van der Waals surface area contributed by atoms with Crippen LogP contribution in [0.4, 0.5) is 0 Å². The van der Waals surface area contributed by atoms with Crippen molar-refractivity contribution in [2.45, 2.75) is 0 Å². The lowest BCUT2D eigenvalue weighted by atomic mass is 10.3. The molecular weight excluding hydrogens is 228 g/mol. The third-order valence-electron chi connectivity index (χ3n) is 1.97. The van der Waals surface area contributed by atoms with E-state index >= 15 is 0 Å². The lowest BCUT2D eigenvalue weighted by Crippen LogP contribution is -2.07. The summed E-state index contributed by atoms with van der Waals surface area (Å²) < 4.78 is 31.1. The molecule has 5 nitrogen and oxygen atoms in total. The zero-order valence-electron chi connectivity index (χ0n) is 8.33. The number of benzene rings is 1. The van der Waals surface area contributed by atoms with E-state index in [9.17, 15) is 8.42 Å². The molecule has 1 aliphatic heterocycles. The second-order valence-corrected chi connectivity index (χ2v) is 4.81. The van der Waals surface area contributed by atoms with Crippen molar-refractivity contribution in [2.75, 3.05) is 6.61 Å². The highest BCUT2D eigenvalue weighted by Crippen LogP contribution is 2.13. The van der Waals surface area contributed by atoms with Gasteiger partial charge in [0, 0.05) is 6.08 Å². The molecule has 0 saturated carbocycles. The van der Waals surface area contributed by atoms with Crippen molar-refractivity contribution < 1.29 is 13.2 Å². The highest BCUT2D eigenvalue weighted by Gasteiger charge is 2.21. The maximum absolute atomic E-state index is 11.1. The van der Waals surface area contributed by atoms with Crippen molar-refractivity contribution in [1.29, 1.82) is 0 Å². The number of hydrogen-bond acceptors (Lipinski definition) is 4. The van der Waals surface area contributed by atoms with Gasteiger partial charge in [0.2, 0.25) is 0 Å². The lowest BCUT2D eigenvalue weighted by molar-refractivity contribution is 0.377. The van der Waals surface area contributed by atoms with Crippen LogP contribution in [0.5, 0.6) is 5.75 Å². The molecule has 16 heavy (non-hydrogen) atoms. The van der Waals surface area contributed by atoms with E-state index in [2.05, 4.69) is 4.40 Å². The molecule has 84 valence electrons. The average molecular weight is 238 g/mol. The van der Waals surface area contributed by atoms with Crippen LogP contribution in [0.2, 0.25) is 0 Å². The molecule has 1 aromatic rings. The zero-order chi connectivity index (χ0) is 11.6. The van der Waals surface area contributed by atoms with E-state index in [0.29, 0.717) is 11.5 Å². The predicted molar refractivity (Wildman–Crippen MR) is 60.6 cm³/mol. The zero-order valence-corrected chi connectivity index (χ0v) is 9.15. The maximum atomic E-state index is 11.1. The van der Waals surface area contributed by atoms with Gasteiger partial charge in [-0.25, -0.2) is 0 Å². The molecule has 0 spiro atoms. The van der Waals surface area contributed by atoms with E-state index in [1.807, 2.05) is 18.2 Å². The van der Waals surface area contributed by atoms with Gasteiger partial charge in [-0.05, 0) is 12.1 Å². The van der Waals surface area contributed by atoms with Crippen molar-refractivity contribution in [3.63, 3.8) is 0 Å². The fourth-order valence-electron chi connectivity index (χ4n) is 1.21. The Morgan fingerprint density at radius 3 is 2.50 bits per heavy atom. The first-order chi connectivity index (χ1) is 7.58. The van der Waals surface area contributed by atoms with Crippen molar-refractivity contribution in [2.24, 2.45) is 10.1 Å². The molecule has 1 aliphatic rings. The average Bonchev–Trinajstić information content (AvgIpc) is 2.52. The van der Waals surface area contributed by atoms with Crippen LogP contribution in [0.25, 0.3) is 0 Å². The fraction of sp³-hybridized carbons (Fsp3) is 0.100. The third kappa shape index (κ3) is 2.22. The minimum absolute atomic E-state index is 0.0872. The molecule has 0 aliphatic carbocycles. The van der Waals surface area contributed by atoms with Crippen LogP contribution >= 0.6 is 0 Å². The van der Waals surface area contributed by atoms with Crippen LogP contribution in [-0.2, 0) is 10.0 Å². The Bertz CT molecular complexity index is 547. The van der Waals surface area contributed by atoms with Gasteiger partial charge >= 0.3 is 0 Å². The summed E-state index contributed by atoms with van der Waals surface area (Å²) in [4.78, 5) is 0. The minimum Gasteiger partial charge on any atom is -0.487 e. The van der Waals surface area contributed by atoms with Gasteiger partial charge in [0.1, 0.15) is 12.4 Å². The second kappa shape index (κ2) is 3.97. The van der Waals surface area contributed by atoms with Crippen molar-refractivity contribution in [3.05, 3.63) is 41.4 Å². The molecule has 6 heteroatoms.